The third-order valence-corrected chi connectivity index (χ3v) is 5.18. The maximum absolute atomic E-state index is 11.9. The second-order valence-electron chi connectivity index (χ2n) is 6.87. The van der Waals surface area contributed by atoms with E-state index in [1.807, 2.05) is 0 Å². The zero-order chi connectivity index (χ0) is 15.2. The predicted octanol–water partition coefficient (Wildman–Crippen LogP) is 2.29. The highest BCUT2D eigenvalue weighted by atomic mass is 16.1. The lowest BCUT2D eigenvalue weighted by molar-refractivity contribution is -0.122. The van der Waals surface area contributed by atoms with Crippen LogP contribution in [0.3, 0.4) is 0 Å². The van der Waals surface area contributed by atoms with Gasteiger partial charge in [0.05, 0.1) is 0 Å². The highest BCUT2D eigenvalue weighted by molar-refractivity contribution is 5.76. The lowest BCUT2D eigenvalue weighted by Crippen LogP contribution is -2.50. The Balaban J connectivity index is 1.74. The fraction of sp³-hybridized carbons (Fsp3) is 0.941. The SMILES string of the molecule is CCCNC1CC2CCC(C1)N2CCC(=O)NC(C)CC. The van der Waals surface area contributed by atoms with Crippen LogP contribution in [0.25, 0.3) is 0 Å². The van der Waals surface area contributed by atoms with Gasteiger partial charge in [-0.25, -0.2) is 0 Å². The standard InChI is InChI=1S/C17H33N3O/c1-4-9-18-14-11-15-6-7-16(12-14)20(15)10-8-17(21)19-13(3)5-2/h13-16,18H,4-12H2,1-3H3,(H,19,21). The highest BCUT2D eigenvalue weighted by Crippen LogP contribution is 2.35. The lowest BCUT2D eigenvalue weighted by atomic mass is 9.97. The number of hydrogen-bond acceptors (Lipinski definition) is 3. The first-order chi connectivity index (χ1) is 10.1. The van der Waals surface area contributed by atoms with Crippen molar-refractivity contribution >= 4 is 5.91 Å². The van der Waals surface area contributed by atoms with Crippen molar-refractivity contribution in [3.05, 3.63) is 0 Å². The average molecular weight is 295 g/mol. The minimum absolute atomic E-state index is 0.218. The Morgan fingerprint density at radius 3 is 2.48 bits per heavy atom. The van der Waals surface area contributed by atoms with Crippen molar-refractivity contribution in [1.29, 1.82) is 0 Å². The number of carbonyl (C=O) groups is 1. The Hall–Kier alpha value is -0.610. The van der Waals surface area contributed by atoms with Crippen molar-refractivity contribution in [2.75, 3.05) is 13.1 Å². The van der Waals surface area contributed by atoms with Gasteiger partial charge in [-0.05, 0) is 52.0 Å². The van der Waals surface area contributed by atoms with Crippen LogP contribution in [0.1, 0.15) is 65.7 Å². The van der Waals surface area contributed by atoms with Gasteiger partial charge in [-0.1, -0.05) is 13.8 Å². The van der Waals surface area contributed by atoms with Gasteiger partial charge < -0.3 is 10.6 Å². The predicted molar refractivity (Wildman–Crippen MR) is 87.3 cm³/mol. The number of piperidine rings is 1. The topological polar surface area (TPSA) is 44.4 Å². The molecule has 21 heavy (non-hydrogen) atoms. The Morgan fingerprint density at radius 2 is 1.90 bits per heavy atom. The molecule has 2 N–H and O–H groups in total. The van der Waals surface area contributed by atoms with Crippen molar-refractivity contribution in [3.63, 3.8) is 0 Å². The number of fused-ring (bicyclic) bond motifs is 2. The van der Waals surface area contributed by atoms with Gasteiger partial charge >= 0.3 is 0 Å². The highest BCUT2D eigenvalue weighted by Gasteiger charge is 2.40. The average Bonchev–Trinajstić information content (AvgIpc) is 2.71. The second-order valence-corrected chi connectivity index (χ2v) is 6.87. The minimum atomic E-state index is 0.218. The first-order valence-corrected chi connectivity index (χ1v) is 8.92. The molecule has 2 bridgehead atoms. The molecule has 0 aromatic heterocycles. The van der Waals surface area contributed by atoms with E-state index in [-0.39, 0.29) is 5.91 Å². The summed E-state index contributed by atoms with van der Waals surface area (Å²) in [6, 6.07) is 2.41. The zero-order valence-corrected chi connectivity index (χ0v) is 14.0. The normalized spacial score (nSPS) is 30.3. The molecule has 2 fully saturated rings. The molecule has 2 heterocycles. The molecule has 0 saturated carbocycles. The number of hydrogen-bond donors (Lipinski definition) is 2. The Labute approximate surface area is 130 Å². The molecule has 2 rings (SSSR count). The molecule has 1 amide bonds. The largest absolute Gasteiger partial charge is 0.354 e. The van der Waals surface area contributed by atoms with Gasteiger partial charge in [-0.15, -0.1) is 0 Å². The molecule has 0 aromatic rings. The molecule has 0 aliphatic carbocycles. The van der Waals surface area contributed by atoms with Crippen LogP contribution < -0.4 is 10.6 Å². The number of carbonyl (C=O) groups excluding carboxylic acids is 1. The summed E-state index contributed by atoms with van der Waals surface area (Å²) in [7, 11) is 0. The van der Waals surface area contributed by atoms with E-state index in [0.717, 1.165) is 19.5 Å². The van der Waals surface area contributed by atoms with Crippen LogP contribution in [0.5, 0.6) is 0 Å². The molecule has 3 atom stereocenters. The van der Waals surface area contributed by atoms with Crippen LogP contribution in [0.2, 0.25) is 0 Å². The number of nitrogens with zero attached hydrogens (tertiary/aromatic N) is 1. The minimum Gasteiger partial charge on any atom is -0.354 e. The first-order valence-electron chi connectivity index (χ1n) is 8.92. The summed E-state index contributed by atoms with van der Waals surface area (Å²) in [5.74, 6) is 0.218. The maximum Gasteiger partial charge on any atom is 0.221 e. The van der Waals surface area contributed by atoms with E-state index < -0.39 is 0 Å². The van der Waals surface area contributed by atoms with Crippen molar-refractivity contribution < 1.29 is 4.79 Å². The van der Waals surface area contributed by atoms with E-state index in [1.54, 1.807) is 0 Å². The van der Waals surface area contributed by atoms with Gasteiger partial charge in [-0.3, -0.25) is 9.69 Å². The molecule has 0 spiro atoms. The van der Waals surface area contributed by atoms with Gasteiger partial charge in [0.1, 0.15) is 0 Å². The van der Waals surface area contributed by atoms with Gasteiger partial charge in [-0.2, -0.15) is 0 Å². The molecule has 0 aromatic carbocycles. The number of amides is 1. The van der Waals surface area contributed by atoms with Crippen molar-refractivity contribution in [2.45, 2.75) is 89.9 Å². The monoisotopic (exact) mass is 295 g/mol. The maximum atomic E-state index is 11.9. The molecule has 4 heteroatoms. The van der Waals surface area contributed by atoms with Gasteiger partial charge in [0.2, 0.25) is 5.91 Å². The van der Waals surface area contributed by atoms with Crippen LogP contribution in [-0.4, -0.2) is 48.1 Å². The van der Waals surface area contributed by atoms with E-state index in [0.29, 0.717) is 30.6 Å². The summed E-state index contributed by atoms with van der Waals surface area (Å²) in [6.45, 7) is 8.50. The Morgan fingerprint density at radius 1 is 1.24 bits per heavy atom. The third kappa shape index (κ3) is 4.68. The van der Waals surface area contributed by atoms with Crippen molar-refractivity contribution in [2.24, 2.45) is 0 Å². The molecular weight excluding hydrogens is 262 g/mol. The first kappa shape index (κ1) is 16.8. The van der Waals surface area contributed by atoms with Crippen LogP contribution in [0.15, 0.2) is 0 Å². The van der Waals surface area contributed by atoms with E-state index >= 15 is 0 Å². The van der Waals surface area contributed by atoms with E-state index in [9.17, 15) is 4.79 Å². The van der Waals surface area contributed by atoms with Gasteiger partial charge in [0, 0.05) is 37.1 Å². The number of rotatable bonds is 8. The fourth-order valence-corrected chi connectivity index (χ4v) is 3.83. The van der Waals surface area contributed by atoms with E-state index in [1.165, 1.54) is 32.1 Å². The summed E-state index contributed by atoms with van der Waals surface area (Å²) >= 11 is 0. The molecule has 2 saturated heterocycles. The lowest BCUT2D eigenvalue weighted by Gasteiger charge is -2.39. The quantitative estimate of drug-likeness (QED) is 0.722. The van der Waals surface area contributed by atoms with Crippen LogP contribution in [0.4, 0.5) is 0 Å². The molecule has 4 nitrogen and oxygen atoms in total. The molecule has 0 radical (unpaired) electrons. The van der Waals surface area contributed by atoms with E-state index in [2.05, 4.69) is 36.3 Å². The summed E-state index contributed by atoms with van der Waals surface area (Å²) in [4.78, 5) is 14.6. The smallest absolute Gasteiger partial charge is 0.221 e. The number of nitrogens with one attached hydrogen (secondary N) is 2. The van der Waals surface area contributed by atoms with Gasteiger partial charge in [0.15, 0.2) is 0 Å². The van der Waals surface area contributed by atoms with Crippen LogP contribution in [0, 0.1) is 0 Å². The summed E-state index contributed by atoms with van der Waals surface area (Å²) in [5, 5.41) is 6.76. The third-order valence-electron chi connectivity index (χ3n) is 5.18. The second kappa shape index (κ2) is 8.14. The molecular formula is C17H33N3O. The van der Waals surface area contributed by atoms with Gasteiger partial charge in [0.25, 0.3) is 0 Å². The fourth-order valence-electron chi connectivity index (χ4n) is 3.83. The zero-order valence-electron chi connectivity index (χ0n) is 14.0. The summed E-state index contributed by atoms with van der Waals surface area (Å²) in [5.41, 5.74) is 0. The summed E-state index contributed by atoms with van der Waals surface area (Å²) in [6.07, 6.45) is 8.05. The molecule has 122 valence electrons. The van der Waals surface area contributed by atoms with Crippen LogP contribution in [-0.2, 0) is 4.79 Å². The molecule has 2 aliphatic heterocycles. The van der Waals surface area contributed by atoms with Crippen LogP contribution >= 0.6 is 0 Å². The summed E-state index contributed by atoms with van der Waals surface area (Å²) < 4.78 is 0. The van der Waals surface area contributed by atoms with E-state index in [4.69, 9.17) is 0 Å². The Kier molecular flexibility index (Phi) is 6.49. The molecule has 3 unspecified atom stereocenters. The molecule has 2 aliphatic rings. The Bertz CT molecular complexity index is 320. The van der Waals surface area contributed by atoms with Crippen molar-refractivity contribution in [1.82, 2.24) is 15.5 Å². The van der Waals surface area contributed by atoms with Crippen molar-refractivity contribution in [3.8, 4) is 0 Å².